The molecule has 3 aromatic rings. The molecule has 1 aliphatic heterocycles. The van der Waals surface area contributed by atoms with Crippen molar-refractivity contribution in [3.8, 4) is 11.8 Å². The smallest absolute Gasteiger partial charge is 0.255 e. The molecule has 1 saturated carbocycles. The Labute approximate surface area is 205 Å². The number of fused-ring (bicyclic) bond motifs is 1. The first-order valence-electron chi connectivity index (χ1n) is 11.6. The Kier molecular flexibility index (Phi) is 5.96. The number of rotatable bonds is 6. The number of nitrogens with one attached hydrogen (secondary N) is 1. The third-order valence-corrected chi connectivity index (χ3v) is 6.69. The second-order valence-corrected chi connectivity index (χ2v) is 8.98. The van der Waals surface area contributed by atoms with E-state index in [4.69, 9.17) is 5.73 Å². The number of carbonyl (C=O) groups is 2. The summed E-state index contributed by atoms with van der Waals surface area (Å²) in [5.41, 5.74) is 7.18. The van der Waals surface area contributed by atoms with Gasteiger partial charge in [0.25, 0.3) is 5.91 Å². The zero-order chi connectivity index (χ0) is 25.6. The van der Waals surface area contributed by atoms with Crippen molar-refractivity contribution < 1.29 is 18.4 Å². The monoisotopic (exact) mass is 493 g/mol. The molecular weight excluding hydrogens is 468 g/mol. The van der Waals surface area contributed by atoms with E-state index < -0.39 is 30.5 Å². The molecule has 1 aliphatic carbocycles. The third-order valence-electron chi connectivity index (χ3n) is 6.69. The molecule has 2 aromatic heterocycles. The maximum absolute atomic E-state index is 14.9. The highest BCUT2D eigenvalue weighted by atomic mass is 19.1. The van der Waals surface area contributed by atoms with Crippen LogP contribution in [0.1, 0.15) is 53.0 Å². The number of hydrogen-bond donors (Lipinski definition) is 2. The first-order chi connectivity index (χ1) is 17.4. The van der Waals surface area contributed by atoms with Crippen LogP contribution in [-0.4, -0.2) is 62.4 Å². The fourth-order valence-corrected chi connectivity index (χ4v) is 4.78. The molecule has 2 atom stereocenters. The molecule has 36 heavy (non-hydrogen) atoms. The van der Waals surface area contributed by atoms with Gasteiger partial charge in [0.05, 0.1) is 35.0 Å². The number of aromatic nitrogens is 4. The van der Waals surface area contributed by atoms with E-state index in [9.17, 15) is 18.4 Å². The number of nitrogens with two attached hydrogens (primary N) is 1. The summed E-state index contributed by atoms with van der Waals surface area (Å²) in [6, 6.07) is 2.28. The van der Waals surface area contributed by atoms with Crippen molar-refractivity contribution in [1.82, 2.24) is 24.2 Å². The summed E-state index contributed by atoms with van der Waals surface area (Å²) in [5, 5.41) is 7.38. The van der Waals surface area contributed by atoms with Crippen molar-refractivity contribution in [2.45, 2.75) is 37.4 Å². The largest absolute Gasteiger partial charge is 0.373 e. The highest BCUT2D eigenvalue weighted by Crippen LogP contribution is 2.37. The molecule has 11 heteroatoms. The first kappa shape index (κ1) is 23.5. The summed E-state index contributed by atoms with van der Waals surface area (Å²) in [7, 11) is 1.59. The minimum Gasteiger partial charge on any atom is -0.373 e. The summed E-state index contributed by atoms with van der Waals surface area (Å²) in [6.45, 7) is 2.93. The Morgan fingerprint density at radius 1 is 1.31 bits per heavy atom. The molecule has 2 amide bonds. The molecule has 0 spiro atoms. The van der Waals surface area contributed by atoms with Crippen LogP contribution < -0.4 is 11.1 Å². The van der Waals surface area contributed by atoms with Gasteiger partial charge in [-0.05, 0) is 37.3 Å². The normalized spacial score (nSPS) is 19.2. The summed E-state index contributed by atoms with van der Waals surface area (Å²) < 4.78 is 32.0. The van der Waals surface area contributed by atoms with Gasteiger partial charge in [0, 0.05) is 25.7 Å². The number of benzene rings is 1. The van der Waals surface area contributed by atoms with Gasteiger partial charge in [-0.3, -0.25) is 9.59 Å². The van der Waals surface area contributed by atoms with Crippen LogP contribution in [0.2, 0.25) is 0 Å². The quantitative estimate of drug-likeness (QED) is 0.405. The Balaban J connectivity index is 1.52. The highest BCUT2D eigenvalue weighted by molar-refractivity contribution is 6.00. The Morgan fingerprint density at radius 2 is 2.08 bits per heavy atom. The zero-order valence-electron chi connectivity index (χ0n) is 19.7. The molecule has 0 radical (unpaired) electrons. The van der Waals surface area contributed by atoms with Gasteiger partial charge in [0.2, 0.25) is 5.91 Å². The van der Waals surface area contributed by atoms with E-state index in [2.05, 4.69) is 33.8 Å². The van der Waals surface area contributed by atoms with Crippen LogP contribution in [0, 0.1) is 17.7 Å². The number of anilines is 1. The van der Waals surface area contributed by atoms with Crippen molar-refractivity contribution in [3.05, 3.63) is 53.8 Å². The van der Waals surface area contributed by atoms with Crippen LogP contribution in [0.5, 0.6) is 0 Å². The van der Waals surface area contributed by atoms with E-state index in [0.717, 1.165) is 18.9 Å². The highest BCUT2D eigenvalue weighted by Gasteiger charge is 2.38. The first-order valence-corrected chi connectivity index (χ1v) is 11.6. The maximum Gasteiger partial charge on any atom is 0.255 e. The lowest BCUT2D eigenvalue weighted by molar-refractivity contribution is -0.127. The average Bonchev–Trinajstić information content (AvgIpc) is 3.32. The maximum atomic E-state index is 14.9. The van der Waals surface area contributed by atoms with Gasteiger partial charge < -0.3 is 20.5 Å². The van der Waals surface area contributed by atoms with Gasteiger partial charge >= 0.3 is 0 Å². The van der Waals surface area contributed by atoms with E-state index in [1.54, 1.807) is 19.4 Å². The third kappa shape index (κ3) is 3.98. The van der Waals surface area contributed by atoms with E-state index in [1.807, 2.05) is 4.57 Å². The molecule has 0 bridgehead atoms. The number of carbonyl (C=O) groups excluding carboxylic acids is 2. The van der Waals surface area contributed by atoms with E-state index in [0.29, 0.717) is 22.9 Å². The lowest BCUT2D eigenvalue weighted by Gasteiger charge is -2.20. The zero-order valence-corrected chi connectivity index (χ0v) is 19.7. The minimum absolute atomic E-state index is 0.0368. The van der Waals surface area contributed by atoms with Crippen LogP contribution in [0.4, 0.5) is 14.6 Å². The molecule has 3 heterocycles. The summed E-state index contributed by atoms with van der Waals surface area (Å²) in [6.07, 6.45) is 5.23. The van der Waals surface area contributed by atoms with Crippen LogP contribution >= 0.6 is 0 Å². The van der Waals surface area contributed by atoms with E-state index in [-0.39, 0.29) is 35.7 Å². The fraction of sp³-hybridized carbons (Fsp3) is 0.360. The van der Waals surface area contributed by atoms with Crippen LogP contribution in [0.3, 0.4) is 0 Å². The summed E-state index contributed by atoms with van der Waals surface area (Å²) in [4.78, 5) is 30.3. The average molecular weight is 494 g/mol. The summed E-state index contributed by atoms with van der Waals surface area (Å²) >= 11 is 0. The Hall–Kier alpha value is -4.20. The molecule has 186 valence electrons. The van der Waals surface area contributed by atoms with E-state index in [1.165, 1.54) is 15.6 Å². The summed E-state index contributed by atoms with van der Waals surface area (Å²) in [5.74, 6) is 4.17. The van der Waals surface area contributed by atoms with Crippen molar-refractivity contribution in [3.63, 3.8) is 0 Å². The molecule has 9 nitrogen and oxygen atoms in total. The van der Waals surface area contributed by atoms with Crippen LogP contribution in [-0.2, 0) is 4.79 Å². The molecule has 2 aliphatic rings. The number of likely N-dealkylation sites (tertiary alicyclic amines) is 1. The van der Waals surface area contributed by atoms with Gasteiger partial charge in [0.15, 0.2) is 5.69 Å². The second kappa shape index (κ2) is 9.11. The minimum atomic E-state index is -0.770. The van der Waals surface area contributed by atoms with Gasteiger partial charge in [-0.1, -0.05) is 12.5 Å². The molecule has 5 rings (SSSR count). The second-order valence-electron chi connectivity index (χ2n) is 8.98. The van der Waals surface area contributed by atoms with Gasteiger partial charge in [-0.25, -0.2) is 18.4 Å². The Morgan fingerprint density at radius 3 is 2.72 bits per heavy atom. The number of alkyl halides is 1. The molecule has 1 aromatic carbocycles. The van der Waals surface area contributed by atoms with Crippen molar-refractivity contribution in [1.29, 1.82) is 0 Å². The number of hydrogen-bond acceptors (Lipinski definition) is 5. The number of nitrogens with zero attached hydrogens (tertiary/aromatic N) is 5. The van der Waals surface area contributed by atoms with Gasteiger partial charge in [-0.15, -0.1) is 0 Å². The predicted molar refractivity (Wildman–Crippen MR) is 130 cm³/mol. The number of halogens is 2. The van der Waals surface area contributed by atoms with Crippen LogP contribution in [0.25, 0.3) is 11.0 Å². The van der Waals surface area contributed by atoms with Crippen molar-refractivity contribution in [2.75, 3.05) is 25.6 Å². The lowest BCUT2D eigenvalue weighted by atomic mass is 10.1. The topological polar surface area (TPSA) is 111 Å². The van der Waals surface area contributed by atoms with Crippen molar-refractivity contribution in [2.24, 2.45) is 5.73 Å². The van der Waals surface area contributed by atoms with Crippen molar-refractivity contribution >= 4 is 28.7 Å². The molecule has 1 saturated heterocycles. The SMILES string of the molecule is C=CC(=O)N1C[C@@H](n2nc(C#Cc3cc4ncn(C5CC5)c4cc3F)c(C(N)=O)c2NC)C[C@H]1CF. The van der Waals surface area contributed by atoms with Gasteiger partial charge in [0.1, 0.15) is 23.9 Å². The number of primary amides is 1. The molecule has 2 fully saturated rings. The molecular formula is C25H25F2N7O2. The van der Waals surface area contributed by atoms with Crippen LogP contribution in [0.15, 0.2) is 31.1 Å². The number of imidazole rings is 1. The Bertz CT molecular complexity index is 1440. The van der Waals surface area contributed by atoms with E-state index >= 15 is 0 Å². The number of amides is 2. The predicted octanol–water partition coefficient (Wildman–Crippen LogP) is 2.54. The molecule has 0 unspecified atom stereocenters. The standard InChI is InChI=1S/C25H25F2N7O2/c1-3-22(35)32-12-17(9-16(32)11-26)34-25(29-2)23(24(28)36)19(31-34)7-4-14-8-20-21(10-18(14)27)33(13-30-20)15-5-6-15/h3,8,10,13,15-17,29H,1,5-6,9,11-12H2,2H3,(H2,28,36)/t16-,17-/m0/s1. The fourth-order valence-electron chi connectivity index (χ4n) is 4.78. The molecule has 3 N–H and O–H groups in total. The lowest BCUT2D eigenvalue weighted by Crippen LogP contribution is -2.35. The van der Waals surface area contributed by atoms with Gasteiger partial charge in [-0.2, -0.15) is 5.10 Å².